The number of anilines is 1. The lowest BCUT2D eigenvalue weighted by atomic mass is 10.2. The molecule has 10 heteroatoms. The highest BCUT2D eigenvalue weighted by atomic mass is 32.2. The molecular weight excluding hydrogens is 396 g/mol. The van der Waals surface area contributed by atoms with Crippen molar-refractivity contribution in [3.05, 3.63) is 47.7 Å². The topological polar surface area (TPSA) is 81.2 Å². The van der Waals surface area contributed by atoms with E-state index in [-0.39, 0.29) is 22.4 Å². The first-order valence-electron chi connectivity index (χ1n) is 7.66. The maximum Gasteiger partial charge on any atom is 0.341 e. The molecule has 1 N–H and O–H groups in total. The molecule has 0 saturated carbocycles. The number of aryl methyl sites for hydroxylation is 1. The number of ether oxygens (including phenoxy) is 1. The molecule has 6 nitrogen and oxygen atoms in total. The summed E-state index contributed by atoms with van der Waals surface area (Å²) in [7, 11) is 0. The number of hydrogen-bond donors (Lipinski definition) is 1. The van der Waals surface area contributed by atoms with Gasteiger partial charge in [0.2, 0.25) is 0 Å². The van der Waals surface area contributed by atoms with Crippen molar-refractivity contribution in [1.82, 2.24) is 9.97 Å². The zero-order valence-corrected chi connectivity index (χ0v) is 15.6. The molecule has 0 atom stereocenters. The second-order valence-electron chi connectivity index (χ2n) is 5.35. The zero-order chi connectivity index (χ0) is 19.4. The number of alkyl halides is 2. The molecule has 140 valence electrons. The summed E-state index contributed by atoms with van der Waals surface area (Å²) >= 11 is 1.44. The van der Waals surface area contributed by atoms with Crippen molar-refractivity contribution in [2.75, 3.05) is 11.9 Å². The number of fused-ring (bicyclic) bond motifs is 1. The first-order chi connectivity index (χ1) is 12.9. The highest BCUT2D eigenvalue weighted by Gasteiger charge is 2.19. The van der Waals surface area contributed by atoms with E-state index in [4.69, 9.17) is 4.74 Å². The summed E-state index contributed by atoms with van der Waals surface area (Å²) in [6.07, 6.45) is 1.29. The van der Waals surface area contributed by atoms with Gasteiger partial charge in [-0.2, -0.15) is 8.78 Å². The fraction of sp³-hybridized carbons (Fsp3) is 0.176. The van der Waals surface area contributed by atoms with Gasteiger partial charge in [-0.3, -0.25) is 10.1 Å². The lowest BCUT2D eigenvalue weighted by Gasteiger charge is -2.07. The van der Waals surface area contributed by atoms with Crippen LogP contribution in [-0.4, -0.2) is 34.2 Å². The minimum absolute atomic E-state index is 0.119. The molecule has 1 aromatic carbocycles. The van der Waals surface area contributed by atoms with Crippen LogP contribution in [0.15, 0.2) is 41.6 Å². The number of aromatic nitrogens is 2. The van der Waals surface area contributed by atoms with Crippen LogP contribution in [0.2, 0.25) is 0 Å². The number of benzene rings is 1. The Kier molecular flexibility index (Phi) is 5.97. The van der Waals surface area contributed by atoms with Crippen molar-refractivity contribution in [3.8, 4) is 0 Å². The van der Waals surface area contributed by atoms with Crippen molar-refractivity contribution in [2.24, 2.45) is 0 Å². The number of nitrogens with zero attached hydrogens (tertiary/aromatic N) is 2. The molecule has 0 aliphatic rings. The van der Waals surface area contributed by atoms with Gasteiger partial charge in [-0.05, 0) is 48.5 Å². The number of carbonyl (C=O) groups is 2. The Morgan fingerprint density at radius 1 is 1.33 bits per heavy atom. The van der Waals surface area contributed by atoms with E-state index in [9.17, 15) is 18.4 Å². The molecule has 0 spiro atoms. The number of pyridine rings is 1. The zero-order valence-electron chi connectivity index (χ0n) is 13.9. The molecule has 1 amide bonds. The van der Waals surface area contributed by atoms with Gasteiger partial charge in [-0.25, -0.2) is 14.8 Å². The molecule has 0 aliphatic heterocycles. The lowest BCUT2D eigenvalue weighted by molar-refractivity contribution is -0.119. The van der Waals surface area contributed by atoms with Gasteiger partial charge in [-0.1, -0.05) is 17.4 Å². The van der Waals surface area contributed by atoms with E-state index in [0.717, 1.165) is 15.8 Å². The number of thiazole rings is 1. The molecule has 2 aromatic heterocycles. The van der Waals surface area contributed by atoms with Gasteiger partial charge < -0.3 is 4.74 Å². The SMILES string of the molecule is Cc1ccc2nc(NC(=O)COC(=O)c3cccnc3SC(F)F)sc2c1. The van der Waals surface area contributed by atoms with Crippen LogP contribution in [0, 0.1) is 6.92 Å². The minimum Gasteiger partial charge on any atom is -0.452 e. The predicted molar refractivity (Wildman–Crippen MR) is 99.4 cm³/mol. The Morgan fingerprint density at radius 3 is 2.93 bits per heavy atom. The van der Waals surface area contributed by atoms with E-state index in [1.54, 1.807) is 0 Å². The third-order valence-electron chi connectivity index (χ3n) is 3.32. The summed E-state index contributed by atoms with van der Waals surface area (Å²) in [5.41, 5.74) is 1.71. The summed E-state index contributed by atoms with van der Waals surface area (Å²) in [5.74, 6) is -4.20. The number of thioether (sulfide) groups is 1. The van der Waals surface area contributed by atoms with E-state index in [1.165, 1.54) is 29.7 Å². The molecule has 0 fully saturated rings. The highest BCUT2D eigenvalue weighted by Crippen LogP contribution is 2.27. The molecule has 0 saturated heterocycles. The Hall–Kier alpha value is -2.59. The predicted octanol–water partition coefficient (Wildman–Crippen LogP) is 4.11. The number of esters is 1. The summed E-state index contributed by atoms with van der Waals surface area (Å²) in [4.78, 5) is 32.1. The summed E-state index contributed by atoms with van der Waals surface area (Å²) in [6.45, 7) is 1.39. The first kappa shape index (κ1) is 19.2. The van der Waals surface area contributed by atoms with Gasteiger partial charge in [0.25, 0.3) is 11.7 Å². The van der Waals surface area contributed by atoms with Crippen LogP contribution in [0.3, 0.4) is 0 Å². The molecular formula is C17H13F2N3O3S2. The monoisotopic (exact) mass is 409 g/mol. The number of amides is 1. The summed E-state index contributed by atoms with van der Waals surface area (Å²) in [5, 5.41) is 2.78. The van der Waals surface area contributed by atoms with Crippen LogP contribution in [0.1, 0.15) is 15.9 Å². The average Bonchev–Trinajstić information content (AvgIpc) is 3.00. The van der Waals surface area contributed by atoms with Crippen molar-refractivity contribution >= 4 is 50.3 Å². The molecule has 0 unspecified atom stereocenters. The van der Waals surface area contributed by atoms with E-state index < -0.39 is 24.2 Å². The third-order valence-corrected chi connectivity index (χ3v) is 4.98. The summed E-state index contributed by atoms with van der Waals surface area (Å²) in [6, 6.07) is 8.45. The quantitative estimate of drug-likeness (QED) is 0.487. The Bertz CT molecular complexity index is 994. The van der Waals surface area contributed by atoms with Crippen molar-refractivity contribution in [1.29, 1.82) is 0 Å². The van der Waals surface area contributed by atoms with Crippen LogP contribution >= 0.6 is 23.1 Å². The fourth-order valence-electron chi connectivity index (χ4n) is 2.17. The minimum atomic E-state index is -2.72. The number of carbonyl (C=O) groups excluding carboxylic acids is 2. The maximum absolute atomic E-state index is 12.5. The van der Waals surface area contributed by atoms with Gasteiger partial charge in [0.1, 0.15) is 5.03 Å². The van der Waals surface area contributed by atoms with Crippen molar-refractivity contribution in [3.63, 3.8) is 0 Å². The van der Waals surface area contributed by atoms with E-state index >= 15 is 0 Å². The van der Waals surface area contributed by atoms with Crippen LogP contribution in [-0.2, 0) is 9.53 Å². The summed E-state index contributed by atoms with van der Waals surface area (Å²) < 4.78 is 30.9. The first-order valence-corrected chi connectivity index (χ1v) is 9.36. The van der Waals surface area contributed by atoms with Gasteiger partial charge in [0.05, 0.1) is 15.8 Å². The number of nitrogens with one attached hydrogen (secondary N) is 1. The number of rotatable bonds is 6. The third kappa shape index (κ3) is 4.98. The average molecular weight is 409 g/mol. The van der Waals surface area contributed by atoms with E-state index in [2.05, 4.69) is 15.3 Å². The van der Waals surface area contributed by atoms with Gasteiger partial charge >= 0.3 is 5.97 Å². The molecule has 27 heavy (non-hydrogen) atoms. The van der Waals surface area contributed by atoms with Crippen LogP contribution in [0.4, 0.5) is 13.9 Å². The second-order valence-corrected chi connectivity index (χ2v) is 7.36. The smallest absolute Gasteiger partial charge is 0.341 e. The van der Waals surface area contributed by atoms with Crippen molar-refractivity contribution < 1.29 is 23.1 Å². The normalized spacial score (nSPS) is 11.0. The van der Waals surface area contributed by atoms with Crippen LogP contribution in [0.25, 0.3) is 10.2 Å². The highest BCUT2D eigenvalue weighted by molar-refractivity contribution is 7.99. The van der Waals surface area contributed by atoms with Crippen LogP contribution in [0.5, 0.6) is 0 Å². The van der Waals surface area contributed by atoms with E-state index in [0.29, 0.717) is 5.13 Å². The van der Waals surface area contributed by atoms with Crippen LogP contribution < -0.4 is 5.32 Å². The van der Waals surface area contributed by atoms with Gasteiger partial charge in [-0.15, -0.1) is 0 Å². The molecule has 2 heterocycles. The van der Waals surface area contributed by atoms with E-state index in [1.807, 2.05) is 25.1 Å². The Labute approximate surface area is 161 Å². The maximum atomic E-state index is 12.5. The standard InChI is InChI=1S/C17H13F2N3O3S2/c1-9-4-5-11-12(7-9)26-17(21-11)22-13(23)8-25-15(24)10-3-2-6-20-14(10)27-16(18)19/h2-7,16H,8H2,1H3,(H,21,22,23). The van der Waals surface area contributed by atoms with Crippen molar-refractivity contribution in [2.45, 2.75) is 17.7 Å². The van der Waals surface area contributed by atoms with Gasteiger partial charge in [0.15, 0.2) is 11.7 Å². The second kappa shape index (κ2) is 8.40. The van der Waals surface area contributed by atoms with Gasteiger partial charge in [0, 0.05) is 6.20 Å². The molecule has 0 radical (unpaired) electrons. The molecule has 3 aromatic rings. The molecule has 3 rings (SSSR count). The molecule has 0 aliphatic carbocycles. The Morgan fingerprint density at radius 2 is 2.15 bits per heavy atom. The fourth-order valence-corrected chi connectivity index (χ4v) is 3.72. The largest absolute Gasteiger partial charge is 0.452 e. The molecule has 0 bridgehead atoms. The number of hydrogen-bond acceptors (Lipinski definition) is 7. The number of halogens is 2. The lowest BCUT2D eigenvalue weighted by Crippen LogP contribution is -2.21. The Balaban J connectivity index is 1.61.